The minimum Gasteiger partial charge on any atom is -0.339 e. The molecule has 2 rings (SSSR count). The van der Waals surface area contributed by atoms with E-state index in [1.807, 2.05) is 7.05 Å². The lowest BCUT2D eigenvalue weighted by molar-refractivity contribution is 0.347. The molecule has 0 bridgehead atoms. The van der Waals surface area contributed by atoms with Crippen LogP contribution in [0.2, 0.25) is 0 Å². The van der Waals surface area contributed by atoms with Crippen molar-refractivity contribution in [1.82, 2.24) is 15.5 Å². The van der Waals surface area contributed by atoms with Crippen LogP contribution in [0.5, 0.6) is 0 Å². The number of halogens is 1. The lowest BCUT2D eigenvalue weighted by Crippen LogP contribution is -2.06. The molecule has 0 aromatic carbocycles. The molecule has 1 heterocycles. The van der Waals surface area contributed by atoms with Gasteiger partial charge in [0.05, 0.1) is 6.54 Å². The van der Waals surface area contributed by atoms with Gasteiger partial charge in [-0.15, -0.1) is 12.4 Å². The van der Waals surface area contributed by atoms with Gasteiger partial charge in [-0.3, -0.25) is 0 Å². The third kappa shape index (κ3) is 2.92. The second-order valence-corrected chi connectivity index (χ2v) is 4.19. The lowest BCUT2D eigenvalue weighted by Gasteiger charge is -2.01. The number of nitrogens with one attached hydrogen (secondary N) is 1. The summed E-state index contributed by atoms with van der Waals surface area (Å²) in [6, 6.07) is 0. The van der Waals surface area contributed by atoms with Crippen LogP contribution in [-0.2, 0) is 6.54 Å². The van der Waals surface area contributed by atoms with Gasteiger partial charge in [0.2, 0.25) is 5.89 Å². The standard InChI is InChI=1S/C10H17N3O.ClH/c1-7-3-4-8(5-7)10-12-9(6-11-2)13-14-10;/h7-8,11H,3-6H2,1-2H3;1H. The zero-order chi connectivity index (χ0) is 9.97. The minimum absolute atomic E-state index is 0. The second kappa shape index (κ2) is 5.47. The number of aromatic nitrogens is 2. The van der Waals surface area contributed by atoms with Crippen LogP contribution in [0.4, 0.5) is 0 Å². The van der Waals surface area contributed by atoms with Crippen LogP contribution in [0, 0.1) is 5.92 Å². The van der Waals surface area contributed by atoms with Gasteiger partial charge < -0.3 is 9.84 Å². The van der Waals surface area contributed by atoms with Crippen molar-refractivity contribution in [1.29, 1.82) is 0 Å². The van der Waals surface area contributed by atoms with Crippen LogP contribution >= 0.6 is 12.4 Å². The largest absolute Gasteiger partial charge is 0.339 e. The molecule has 86 valence electrons. The van der Waals surface area contributed by atoms with E-state index in [9.17, 15) is 0 Å². The smallest absolute Gasteiger partial charge is 0.229 e. The summed E-state index contributed by atoms with van der Waals surface area (Å²) in [5, 5.41) is 6.94. The number of nitrogens with zero attached hydrogens (tertiary/aromatic N) is 2. The van der Waals surface area contributed by atoms with Gasteiger partial charge in [0, 0.05) is 5.92 Å². The van der Waals surface area contributed by atoms with Gasteiger partial charge in [0.1, 0.15) is 0 Å². The highest BCUT2D eigenvalue weighted by molar-refractivity contribution is 5.85. The fourth-order valence-corrected chi connectivity index (χ4v) is 2.09. The predicted octanol–water partition coefficient (Wildman–Crippen LogP) is 2.11. The monoisotopic (exact) mass is 231 g/mol. The molecule has 15 heavy (non-hydrogen) atoms. The van der Waals surface area contributed by atoms with E-state index < -0.39 is 0 Å². The van der Waals surface area contributed by atoms with Gasteiger partial charge in [-0.05, 0) is 32.2 Å². The number of rotatable bonds is 3. The first-order valence-electron chi connectivity index (χ1n) is 5.26. The van der Waals surface area contributed by atoms with Crippen LogP contribution in [0.1, 0.15) is 43.8 Å². The SMILES string of the molecule is CNCc1noc(C2CCC(C)C2)n1.Cl. The summed E-state index contributed by atoms with van der Waals surface area (Å²) in [5.41, 5.74) is 0. The van der Waals surface area contributed by atoms with E-state index in [1.54, 1.807) is 0 Å². The van der Waals surface area contributed by atoms with Crippen LogP contribution in [0.15, 0.2) is 4.52 Å². The molecule has 0 amide bonds. The van der Waals surface area contributed by atoms with E-state index in [1.165, 1.54) is 19.3 Å². The Labute approximate surface area is 96.2 Å². The first-order valence-corrected chi connectivity index (χ1v) is 5.26. The molecule has 1 N–H and O–H groups in total. The molecule has 1 fully saturated rings. The van der Waals surface area contributed by atoms with Gasteiger partial charge in [0.15, 0.2) is 5.82 Å². The summed E-state index contributed by atoms with van der Waals surface area (Å²) in [6.45, 7) is 2.97. The van der Waals surface area contributed by atoms with Gasteiger partial charge in [-0.1, -0.05) is 12.1 Å². The predicted molar refractivity (Wildman–Crippen MR) is 60.1 cm³/mol. The van der Waals surface area contributed by atoms with Crippen molar-refractivity contribution in [2.45, 2.75) is 38.6 Å². The maximum atomic E-state index is 5.25. The van der Waals surface area contributed by atoms with Crippen molar-refractivity contribution >= 4 is 12.4 Å². The normalized spacial score (nSPS) is 25.2. The highest BCUT2D eigenvalue weighted by atomic mass is 35.5. The summed E-state index contributed by atoms with van der Waals surface area (Å²) in [4.78, 5) is 4.38. The molecule has 5 heteroatoms. The van der Waals surface area contributed by atoms with Crippen molar-refractivity contribution in [3.05, 3.63) is 11.7 Å². The van der Waals surface area contributed by atoms with Crippen molar-refractivity contribution in [3.8, 4) is 0 Å². The van der Waals surface area contributed by atoms with Crippen molar-refractivity contribution in [3.63, 3.8) is 0 Å². The first-order chi connectivity index (χ1) is 6.79. The first kappa shape index (κ1) is 12.5. The van der Waals surface area contributed by atoms with Crippen LogP contribution in [0.3, 0.4) is 0 Å². The molecule has 1 aliphatic rings. The van der Waals surface area contributed by atoms with E-state index in [4.69, 9.17) is 4.52 Å². The summed E-state index contributed by atoms with van der Waals surface area (Å²) >= 11 is 0. The molecule has 4 nitrogen and oxygen atoms in total. The van der Waals surface area contributed by atoms with E-state index in [2.05, 4.69) is 22.4 Å². The molecule has 2 atom stereocenters. The zero-order valence-corrected chi connectivity index (χ0v) is 10.0. The molecule has 1 aromatic heterocycles. The molecule has 0 aliphatic heterocycles. The molecule has 2 unspecified atom stereocenters. The van der Waals surface area contributed by atoms with E-state index in [-0.39, 0.29) is 12.4 Å². The highest BCUT2D eigenvalue weighted by Gasteiger charge is 2.27. The Balaban J connectivity index is 0.00000112. The average molecular weight is 232 g/mol. The molecular formula is C10H18ClN3O. The zero-order valence-electron chi connectivity index (χ0n) is 9.19. The van der Waals surface area contributed by atoms with Gasteiger partial charge in [-0.25, -0.2) is 0 Å². The van der Waals surface area contributed by atoms with E-state index in [0.717, 1.165) is 17.6 Å². The summed E-state index contributed by atoms with van der Waals surface area (Å²) < 4.78 is 5.25. The van der Waals surface area contributed by atoms with Crippen LogP contribution < -0.4 is 5.32 Å². The molecule has 0 spiro atoms. The van der Waals surface area contributed by atoms with Crippen LogP contribution in [0.25, 0.3) is 0 Å². The van der Waals surface area contributed by atoms with Gasteiger partial charge >= 0.3 is 0 Å². The van der Waals surface area contributed by atoms with Crippen molar-refractivity contribution in [2.24, 2.45) is 5.92 Å². The topological polar surface area (TPSA) is 51.0 Å². The highest BCUT2D eigenvalue weighted by Crippen LogP contribution is 2.36. The minimum atomic E-state index is 0. The van der Waals surface area contributed by atoms with Crippen LogP contribution in [-0.4, -0.2) is 17.2 Å². The average Bonchev–Trinajstić information content (AvgIpc) is 2.74. The van der Waals surface area contributed by atoms with E-state index >= 15 is 0 Å². The Morgan fingerprint density at radius 1 is 1.47 bits per heavy atom. The number of hydrogen-bond donors (Lipinski definition) is 1. The Morgan fingerprint density at radius 2 is 2.27 bits per heavy atom. The summed E-state index contributed by atoms with van der Waals surface area (Å²) in [6.07, 6.45) is 3.68. The fourth-order valence-electron chi connectivity index (χ4n) is 2.09. The third-order valence-electron chi connectivity index (χ3n) is 2.86. The fraction of sp³-hybridized carbons (Fsp3) is 0.800. The Kier molecular flexibility index (Phi) is 4.54. The van der Waals surface area contributed by atoms with Gasteiger partial charge in [0.25, 0.3) is 0 Å². The third-order valence-corrected chi connectivity index (χ3v) is 2.86. The molecule has 0 saturated heterocycles. The van der Waals surface area contributed by atoms with Crippen molar-refractivity contribution in [2.75, 3.05) is 7.05 Å². The summed E-state index contributed by atoms with van der Waals surface area (Å²) in [7, 11) is 1.88. The maximum Gasteiger partial charge on any atom is 0.229 e. The molecule has 1 saturated carbocycles. The molecule has 0 radical (unpaired) electrons. The molecular weight excluding hydrogens is 214 g/mol. The molecule has 1 aromatic rings. The maximum absolute atomic E-state index is 5.25. The van der Waals surface area contributed by atoms with Gasteiger partial charge in [-0.2, -0.15) is 4.98 Å². The molecule has 1 aliphatic carbocycles. The Morgan fingerprint density at radius 3 is 2.87 bits per heavy atom. The van der Waals surface area contributed by atoms with E-state index in [0.29, 0.717) is 12.5 Å². The van der Waals surface area contributed by atoms with Crippen molar-refractivity contribution < 1.29 is 4.52 Å². The second-order valence-electron chi connectivity index (χ2n) is 4.19. The lowest BCUT2D eigenvalue weighted by atomic mass is 10.1. The quantitative estimate of drug-likeness (QED) is 0.866. The Hall–Kier alpha value is -0.610. The number of hydrogen-bond acceptors (Lipinski definition) is 4. The summed E-state index contributed by atoms with van der Waals surface area (Å²) in [5.74, 6) is 2.91. The Bertz CT molecular complexity index is 303.